The Balaban J connectivity index is 1.54. The van der Waals surface area contributed by atoms with Crippen molar-refractivity contribution in [3.63, 3.8) is 0 Å². The van der Waals surface area contributed by atoms with Crippen molar-refractivity contribution < 1.29 is 14.3 Å². The zero-order valence-corrected chi connectivity index (χ0v) is 10.8. The minimum absolute atomic E-state index is 0.0936. The summed E-state index contributed by atoms with van der Waals surface area (Å²) < 4.78 is 10.1. The topological polar surface area (TPSA) is 50.8 Å². The van der Waals surface area contributed by atoms with Gasteiger partial charge in [0.05, 0.1) is 13.2 Å². The fourth-order valence-electron chi connectivity index (χ4n) is 2.31. The molecule has 0 aromatic heterocycles. The van der Waals surface area contributed by atoms with Crippen LogP contribution in [0, 0.1) is 0 Å². The first-order valence-electron chi connectivity index (χ1n) is 6.72. The van der Waals surface area contributed by atoms with Crippen LogP contribution in [0.4, 0.5) is 16.2 Å². The van der Waals surface area contributed by atoms with E-state index >= 15 is 0 Å². The Morgan fingerprint density at radius 3 is 2.47 bits per heavy atom. The number of hydrogen-bond acceptors (Lipinski definition) is 4. The highest BCUT2D eigenvalue weighted by atomic mass is 16.6. The predicted molar refractivity (Wildman–Crippen MR) is 72.6 cm³/mol. The number of benzene rings is 1. The van der Waals surface area contributed by atoms with Crippen LogP contribution in [0.1, 0.15) is 12.8 Å². The maximum atomic E-state index is 11.6. The van der Waals surface area contributed by atoms with Gasteiger partial charge in [0.15, 0.2) is 6.10 Å². The predicted octanol–water partition coefficient (Wildman–Crippen LogP) is 2.23. The smallest absolute Gasteiger partial charge is 0.412 e. The van der Waals surface area contributed by atoms with E-state index in [1.54, 1.807) is 0 Å². The van der Waals surface area contributed by atoms with Gasteiger partial charge < -0.3 is 14.4 Å². The molecule has 2 saturated heterocycles. The lowest BCUT2D eigenvalue weighted by molar-refractivity contribution is -0.0951. The molecule has 3 rings (SSSR count). The van der Waals surface area contributed by atoms with Crippen molar-refractivity contribution in [2.75, 3.05) is 36.5 Å². The number of nitrogens with zero attached hydrogens (tertiary/aromatic N) is 1. The van der Waals surface area contributed by atoms with Gasteiger partial charge in [-0.25, -0.2) is 4.79 Å². The lowest BCUT2D eigenvalue weighted by Gasteiger charge is -2.25. The lowest BCUT2D eigenvalue weighted by Crippen LogP contribution is -2.38. The van der Waals surface area contributed by atoms with Gasteiger partial charge in [-0.1, -0.05) is 0 Å². The molecule has 1 aromatic carbocycles. The van der Waals surface area contributed by atoms with Gasteiger partial charge in [0.1, 0.15) is 0 Å². The summed E-state index contributed by atoms with van der Waals surface area (Å²) in [5, 5.41) is 2.72. The minimum atomic E-state index is -0.415. The molecule has 102 valence electrons. The summed E-state index contributed by atoms with van der Waals surface area (Å²) >= 11 is 0. The average molecular weight is 262 g/mol. The van der Waals surface area contributed by atoms with E-state index in [4.69, 9.17) is 9.47 Å². The highest BCUT2D eigenvalue weighted by Crippen LogP contribution is 2.22. The quantitative estimate of drug-likeness (QED) is 0.907. The standard InChI is InChI=1S/C14H18N2O3/c17-14(19-13-9-18-10-13)15-11-3-5-12(6-4-11)16-7-1-2-8-16/h3-6,13H,1-2,7-10H2,(H,15,17). The molecule has 0 bridgehead atoms. The molecule has 5 nitrogen and oxygen atoms in total. The first kappa shape index (κ1) is 12.3. The van der Waals surface area contributed by atoms with E-state index in [2.05, 4.69) is 10.2 Å². The maximum absolute atomic E-state index is 11.6. The fourth-order valence-corrected chi connectivity index (χ4v) is 2.31. The van der Waals surface area contributed by atoms with Crippen LogP contribution in [0.25, 0.3) is 0 Å². The molecule has 0 atom stereocenters. The molecule has 19 heavy (non-hydrogen) atoms. The second-order valence-corrected chi connectivity index (χ2v) is 4.93. The van der Waals surface area contributed by atoms with Crippen LogP contribution in [0.15, 0.2) is 24.3 Å². The highest BCUT2D eigenvalue weighted by molar-refractivity contribution is 5.85. The number of amides is 1. The Morgan fingerprint density at radius 1 is 1.21 bits per heavy atom. The Kier molecular flexibility index (Phi) is 3.55. The van der Waals surface area contributed by atoms with Crippen LogP contribution < -0.4 is 10.2 Å². The highest BCUT2D eigenvalue weighted by Gasteiger charge is 2.22. The molecule has 2 fully saturated rings. The fraction of sp³-hybridized carbons (Fsp3) is 0.500. The van der Waals surface area contributed by atoms with Gasteiger partial charge in [0.25, 0.3) is 0 Å². The van der Waals surface area contributed by atoms with Gasteiger partial charge in [0, 0.05) is 24.5 Å². The van der Waals surface area contributed by atoms with Gasteiger partial charge >= 0.3 is 6.09 Å². The zero-order valence-electron chi connectivity index (χ0n) is 10.8. The van der Waals surface area contributed by atoms with Gasteiger partial charge in [-0.05, 0) is 37.1 Å². The Bertz CT molecular complexity index is 437. The molecule has 0 radical (unpaired) electrons. The van der Waals surface area contributed by atoms with Crippen LogP contribution in [0.5, 0.6) is 0 Å². The van der Waals surface area contributed by atoms with Crippen LogP contribution in [-0.4, -0.2) is 38.5 Å². The second kappa shape index (κ2) is 5.48. The lowest BCUT2D eigenvalue weighted by atomic mass is 10.2. The number of anilines is 2. The summed E-state index contributed by atoms with van der Waals surface area (Å²) in [5.74, 6) is 0. The van der Waals surface area contributed by atoms with Gasteiger partial charge in [-0.15, -0.1) is 0 Å². The zero-order chi connectivity index (χ0) is 13.1. The average Bonchev–Trinajstić information content (AvgIpc) is 2.89. The normalized spacial score (nSPS) is 19.1. The SMILES string of the molecule is O=C(Nc1ccc(N2CCCC2)cc1)OC1COC1. The number of ether oxygens (including phenoxy) is 2. The number of nitrogens with one attached hydrogen (secondary N) is 1. The molecule has 0 unspecified atom stereocenters. The Morgan fingerprint density at radius 2 is 1.89 bits per heavy atom. The van der Waals surface area contributed by atoms with Crippen LogP contribution in [-0.2, 0) is 9.47 Å². The van der Waals surface area contributed by atoms with E-state index in [0.717, 1.165) is 18.8 Å². The Labute approximate surface area is 112 Å². The monoisotopic (exact) mass is 262 g/mol. The molecule has 1 aromatic rings. The molecule has 1 N–H and O–H groups in total. The molecule has 0 spiro atoms. The molecule has 2 aliphatic heterocycles. The largest absolute Gasteiger partial charge is 0.441 e. The van der Waals surface area contributed by atoms with Crippen molar-refractivity contribution in [3.05, 3.63) is 24.3 Å². The summed E-state index contributed by atoms with van der Waals surface area (Å²) in [4.78, 5) is 13.9. The van der Waals surface area contributed by atoms with Crippen LogP contribution in [0.3, 0.4) is 0 Å². The van der Waals surface area contributed by atoms with Crippen molar-refractivity contribution in [2.24, 2.45) is 0 Å². The van der Waals surface area contributed by atoms with E-state index in [9.17, 15) is 4.79 Å². The van der Waals surface area contributed by atoms with Crippen molar-refractivity contribution in [1.29, 1.82) is 0 Å². The molecule has 2 heterocycles. The van der Waals surface area contributed by atoms with Gasteiger partial charge in [0.2, 0.25) is 0 Å². The third kappa shape index (κ3) is 2.98. The molecule has 5 heteroatoms. The van der Waals surface area contributed by atoms with Crippen molar-refractivity contribution >= 4 is 17.5 Å². The number of rotatable bonds is 3. The Hall–Kier alpha value is -1.75. The van der Waals surface area contributed by atoms with Gasteiger partial charge in [-0.2, -0.15) is 0 Å². The molecule has 0 saturated carbocycles. The summed E-state index contributed by atoms with van der Waals surface area (Å²) in [6.07, 6.45) is 2.01. The van der Waals surface area contributed by atoms with E-state index in [1.165, 1.54) is 18.5 Å². The first-order valence-corrected chi connectivity index (χ1v) is 6.72. The summed E-state index contributed by atoms with van der Waals surface area (Å²) in [5.41, 5.74) is 1.97. The van der Waals surface area contributed by atoms with Gasteiger partial charge in [-0.3, -0.25) is 5.32 Å². The van der Waals surface area contributed by atoms with Crippen molar-refractivity contribution in [1.82, 2.24) is 0 Å². The molecule has 0 aliphatic carbocycles. The number of carbonyl (C=O) groups excluding carboxylic acids is 1. The number of hydrogen-bond donors (Lipinski definition) is 1. The third-order valence-corrected chi connectivity index (χ3v) is 3.47. The molecular formula is C14H18N2O3. The molecule has 1 amide bonds. The van der Waals surface area contributed by atoms with Crippen LogP contribution in [0.2, 0.25) is 0 Å². The number of carbonyl (C=O) groups is 1. The van der Waals surface area contributed by atoms with E-state index in [1.807, 2.05) is 24.3 Å². The maximum Gasteiger partial charge on any atom is 0.412 e. The minimum Gasteiger partial charge on any atom is -0.441 e. The van der Waals surface area contributed by atoms with Crippen molar-refractivity contribution in [2.45, 2.75) is 18.9 Å². The van der Waals surface area contributed by atoms with Crippen molar-refractivity contribution in [3.8, 4) is 0 Å². The second-order valence-electron chi connectivity index (χ2n) is 4.93. The van der Waals surface area contributed by atoms with E-state index in [0.29, 0.717) is 13.2 Å². The van der Waals surface area contributed by atoms with E-state index < -0.39 is 6.09 Å². The molecular weight excluding hydrogens is 244 g/mol. The third-order valence-electron chi connectivity index (χ3n) is 3.47. The first-order chi connectivity index (χ1) is 9.31. The molecule has 2 aliphatic rings. The van der Waals surface area contributed by atoms with Crippen LogP contribution >= 0.6 is 0 Å². The van der Waals surface area contributed by atoms with E-state index in [-0.39, 0.29) is 6.10 Å². The summed E-state index contributed by atoms with van der Waals surface area (Å²) in [6.45, 7) is 3.25. The summed E-state index contributed by atoms with van der Waals surface area (Å²) in [7, 11) is 0. The summed E-state index contributed by atoms with van der Waals surface area (Å²) in [6, 6.07) is 7.89.